The number of hydrogen-bond acceptors (Lipinski definition) is 8. The molecule has 4 heterocycles. The average molecular weight is 379 g/mol. The summed E-state index contributed by atoms with van der Waals surface area (Å²) >= 11 is 0. The molecule has 5 rings (SSSR count). The number of fused-ring (bicyclic) bond motifs is 1. The molecule has 8 nitrogen and oxygen atoms in total. The van der Waals surface area contributed by atoms with Crippen LogP contribution in [0.4, 0.5) is 0 Å². The number of hydrogen-bond donors (Lipinski definition) is 1. The van der Waals surface area contributed by atoms with E-state index in [1.54, 1.807) is 0 Å². The third-order valence-electron chi connectivity index (χ3n) is 5.53. The zero-order valence-corrected chi connectivity index (χ0v) is 16.1. The lowest BCUT2D eigenvalue weighted by molar-refractivity contribution is 0.373. The number of furan rings is 1. The second kappa shape index (κ2) is 6.00. The predicted molar refractivity (Wildman–Crippen MR) is 101 cm³/mol. The third-order valence-corrected chi connectivity index (χ3v) is 5.53. The monoisotopic (exact) mass is 379 g/mol. The number of rotatable bonds is 3. The maximum atomic E-state index is 6.50. The van der Waals surface area contributed by atoms with Crippen LogP contribution in [0.25, 0.3) is 33.8 Å². The zero-order chi connectivity index (χ0) is 19.5. The minimum atomic E-state index is -0.515. The van der Waals surface area contributed by atoms with E-state index in [9.17, 15) is 0 Å². The van der Waals surface area contributed by atoms with E-state index in [-0.39, 0.29) is 0 Å². The molecule has 4 aromatic heterocycles. The summed E-state index contributed by atoms with van der Waals surface area (Å²) in [6.07, 6.45) is 3.88. The van der Waals surface area contributed by atoms with Crippen LogP contribution in [0.2, 0.25) is 0 Å². The lowest BCUT2D eigenvalue weighted by atomic mass is 9.98. The van der Waals surface area contributed by atoms with Crippen molar-refractivity contribution in [2.24, 2.45) is 5.73 Å². The Bertz CT molecular complexity index is 1180. The molecule has 0 unspecified atom stereocenters. The summed E-state index contributed by atoms with van der Waals surface area (Å²) in [6, 6.07) is 3.86. The van der Waals surface area contributed by atoms with Crippen molar-refractivity contribution < 1.29 is 13.5 Å². The Morgan fingerprint density at radius 1 is 0.964 bits per heavy atom. The first-order valence-corrected chi connectivity index (χ1v) is 9.42. The topological polar surface area (TPSA) is 117 Å². The summed E-state index contributed by atoms with van der Waals surface area (Å²) < 4.78 is 16.7. The molecule has 1 aliphatic carbocycles. The van der Waals surface area contributed by atoms with Crippen LogP contribution in [0.1, 0.15) is 48.7 Å². The van der Waals surface area contributed by atoms with Crippen LogP contribution in [-0.4, -0.2) is 20.3 Å². The molecule has 1 saturated carbocycles. The maximum Gasteiger partial charge on any atom is 0.259 e. The number of aryl methyl sites for hydroxylation is 3. The van der Waals surface area contributed by atoms with Crippen molar-refractivity contribution in [1.82, 2.24) is 20.3 Å². The third kappa shape index (κ3) is 2.56. The molecule has 2 N–H and O–H groups in total. The van der Waals surface area contributed by atoms with Crippen molar-refractivity contribution in [2.45, 2.75) is 52.0 Å². The molecule has 4 aromatic rings. The molecule has 144 valence electrons. The second-order valence-electron chi connectivity index (χ2n) is 7.62. The van der Waals surface area contributed by atoms with Crippen LogP contribution in [0.15, 0.2) is 25.6 Å². The molecule has 0 aromatic carbocycles. The van der Waals surface area contributed by atoms with E-state index in [2.05, 4.69) is 20.3 Å². The van der Waals surface area contributed by atoms with Crippen LogP contribution in [-0.2, 0) is 5.54 Å². The molecule has 0 saturated heterocycles. The van der Waals surface area contributed by atoms with Gasteiger partial charge in [-0.25, -0.2) is 4.98 Å². The lowest BCUT2D eigenvalue weighted by Crippen LogP contribution is -2.34. The zero-order valence-electron chi connectivity index (χ0n) is 16.1. The minimum absolute atomic E-state index is 0.393. The molecule has 8 heteroatoms. The Balaban J connectivity index is 1.69. The molecule has 0 amide bonds. The van der Waals surface area contributed by atoms with Gasteiger partial charge in [-0.15, -0.1) is 0 Å². The maximum absolute atomic E-state index is 6.50. The van der Waals surface area contributed by atoms with Crippen molar-refractivity contribution >= 4 is 11.1 Å². The Morgan fingerprint density at radius 2 is 1.75 bits per heavy atom. The second-order valence-corrected chi connectivity index (χ2v) is 7.62. The van der Waals surface area contributed by atoms with Gasteiger partial charge in [-0.1, -0.05) is 23.2 Å². The van der Waals surface area contributed by atoms with E-state index in [0.29, 0.717) is 28.8 Å². The van der Waals surface area contributed by atoms with Crippen LogP contribution in [0, 0.1) is 20.8 Å². The smallest absolute Gasteiger partial charge is 0.259 e. The molecule has 0 aliphatic heterocycles. The van der Waals surface area contributed by atoms with Crippen LogP contribution in [0.3, 0.4) is 0 Å². The van der Waals surface area contributed by atoms with E-state index in [0.717, 1.165) is 53.7 Å². The van der Waals surface area contributed by atoms with Crippen molar-refractivity contribution in [2.75, 3.05) is 0 Å². The van der Waals surface area contributed by atoms with Crippen LogP contribution in [0.5, 0.6) is 0 Å². The molecule has 0 spiro atoms. The highest BCUT2D eigenvalue weighted by atomic mass is 16.5. The van der Waals surface area contributed by atoms with Gasteiger partial charge in [0.15, 0.2) is 5.82 Å². The van der Waals surface area contributed by atoms with E-state index < -0.39 is 5.54 Å². The Hall–Kier alpha value is -3.00. The summed E-state index contributed by atoms with van der Waals surface area (Å²) in [4.78, 5) is 9.26. The number of nitrogens with zero attached hydrogens (tertiary/aromatic N) is 4. The minimum Gasteiger partial charge on any atom is -0.466 e. The molecular weight excluding hydrogens is 358 g/mol. The summed E-state index contributed by atoms with van der Waals surface area (Å²) in [5.74, 6) is 2.54. The van der Waals surface area contributed by atoms with Gasteiger partial charge in [0.25, 0.3) is 11.6 Å². The molecule has 28 heavy (non-hydrogen) atoms. The first kappa shape index (κ1) is 17.1. The van der Waals surface area contributed by atoms with E-state index in [1.807, 2.05) is 32.9 Å². The Kier molecular flexibility index (Phi) is 3.67. The summed E-state index contributed by atoms with van der Waals surface area (Å²) in [5, 5.41) is 9.02. The molecular formula is C20H21N5O3. The van der Waals surface area contributed by atoms with Crippen LogP contribution < -0.4 is 5.73 Å². The average Bonchev–Trinajstić information content (AvgIpc) is 3.43. The van der Waals surface area contributed by atoms with Gasteiger partial charge in [-0.05, 0) is 45.7 Å². The SMILES string of the molecule is Cc1cc(-c2cc(-c3nc(C4(N)CCCC4)no3)c3c(C)noc3n2)c(C)o1. The van der Waals surface area contributed by atoms with Gasteiger partial charge in [0, 0.05) is 5.56 Å². The normalized spacial score (nSPS) is 16.3. The van der Waals surface area contributed by atoms with Gasteiger partial charge in [0.2, 0.25) is 0 Å². The van der Waals surface area contributed by atoms with Crippen molar-refractivity contribution in [1.29, 1.82) is 0 Å². The van der Waals surface area contributed by atoms with Crippen molar-refractivity contribution in [3.8, 4) is 22.7 Å². The van der Waals surface area contributed by atoms with Gasteiger partial charge >= 0.3 is 0 Å². The number of pyridine rings is 1. The van der Waals surface area contributed by atoms with Gasteiger partial charge in [0.1, 0.15) is 11.5 Å². The van der Waals surface area contributed by atoms with Crippen molar-refractivity contribution in [3.05, 3.63) is 35.2 Å². The summed E-state index contributed by atoms with van der Waals surface area (Å²) in [5.41, 5.74) is 9.45. The fourth-order valence-electron chi connectivity index (χ4n) is 4.05. The van der Waals surface area contributed by atoms with Gasteiger partial charge < -0.3 is 19.2 Å². The highest BCUT2D eigenvalue weighted by Crippen LogP contribution is 2.38. The van der Waals surface area contributed by atoms with E-state index in [4.69, 9.17) is 19.2 Å². The fourth-order valence-corrected chi connectivity index (χ4v) is 4.05. The molecule has 1 aliphatic rings. The number of aromatic nitrogens is 4. The predicted octanol–water partition coefficient (Wildman–Crippen LogP) is 4.19. The van der Waals surface area contributed by atoms with E-state index in [1.165, 1.54) is 0 Å². The quantitative estimate of drug-likeness (QED) is 0.563. The van der Waals surface area contributed by atoms with Gasteiger partial charge in [-0.3, -0.25) is 0 Å². The molecule has 0 bridgehead atoms. The fraction of sp³-hybridized carbons (Fsp3) is 0.400. The Morgan fingerprint density at radius 3 is 2.46 bits per heavy atom. The highest BCUT2D eigenvalue weighted by Gasteiger charge is 2.36. The highest BCUT2D eigenvalue weighted by molar-refractivity contribution is 5.93. The van der Waals surface area contributed by atoms with Gasteiger partial charge in [-0.2, -0.15) is 4.98 Å². The molecule has 0 radical (unpaired) electrons. The first-order chi connectivity index (χ1) is 13.4. The summed E-state index contributed by atoms with van der Waals surface area (Å²) in [6.45, 7) is 5.67. The van der Waals surface area contributed by atoms with Gasteiger partial charge in [0.05, 0.1) is 27.9 Å². The largest absolute Gasteiger partial charge is 0.466 e. The lowest BCUT2D eigenvalue weighted by Gasteiger charge is -2.17. The standard InChI is InChI=1S/C20H21N5O3/c1-10-8-13(12(3)26-10)15-9-14(16-11(2)24-28-18(16)22-15)17-23-19(25-27-17)20(21)6-4-5-7-20/h8-9H,4-7,21H2,1-3H3. The summed E-state index contributed by atoms with van der Waals surface area (Å²) in [7, 11) is 0. The number of nitrogens with two attached hydrogens (primary N) is 1. The molecule has 1 fully saturated rings. The molecule has 0 atom stereocenters. The Labute approximate surface area is 161 Å². The van der Waals surface area contributed by atoms with E-state index >= 15 is 0 Å². The first-order valence-electron chi connectivity index (χ1n) is 9.42. The van der Waals surface area contributed by atoms with Crippen LogP contribution >= 0.6 is 0 Å². The van der Waals surface area contributed by atoms with Crippen molar-refractivity contribution in [3.63, 3.8) is 0 Å².